The van der Waals surface area contributed by atoms with Gasteiger partial charge in [-0.2, -0.15) is 5.26 Å². The summed E-state index contributed by atoms with van der Waals surface area (Å²) in [5.41, 5.74) is 13.6. The molecular weight excluding hydrogens is 554 g/mol. The van der Waals surface area contributed by atoms with E-state index in [2.05, 4.69) is 26.0 Å². The summed E-state index contributed by atoms with van der Waals surface area (Å²) in [6, 6.07) is 13.9. The van der Waals surface area contributed by atoms with Crippen molar-refractivity contribution in [1.29, 1.82) is 5.26 Å². The van der Waals surface area contributed by atoms with Crippen LogP contribution in [0.4, 0.5) is 17.3 Å². The Balaban J connectivity index is 1.51. The number of anilines is 3. The summed E-state index contributed by atoms with van der Waals surface area (Å²) in [5.74, 6) is -0.381. The Morgan fingerprint density at radius 2 is 1.84 bits per heavy atom. The lowest BCUT2D eigenvalue weighted by Gasteiger charge is -2.08. The van der Waals surface area contributed by atoms with E-state index in [4.69, 9.17) is 23.1 Å². The van der Waals surface area contributed by atoms with Crippen LogP contribution in [-0.4, -0.2) is 29.4 Å². The number of benzene rings is 1. The van der Waals surface area contributed by atoms with Crippen LogP contribution in [0.15, 0.2) is 58.8 Å². The molecule has 5 N–H and O–H groups in total. The Hall–Kier alpha value is -4.09. The number of pyridine rings is 1. The third kappa shape index (κ3) is 4.47. The Morgan fingerprint density at radius 1 is 1.08 bits per heavy atom. The molecule has 184 valence electrons. The van der Waals surface area contributed by atoms with Gasteiger partial charge >= 0.3 is 0 Å². The van der Waals surface area contributed by atoms with E-state index in [1.807, 2.05) is 17.5 Å². The number of ketones is 1. The number of nitrogens with one attached hydrogen (secondary N) is 1. The SMILES string of the molecule is N#Cc1c(N)nc2sc(C(=O)c3ccc(S(=O)(=O)Nc4ccc(Cl)nn4)cc3)c(N)c2c1-c1cccs1. The number of hydrogen-bond acceptors (Lipinski definition) is 11. The molecule has 5 rings (SSSR count). The molecule has 4 aromatic heterocycles. The first-order chi connectivity index (χ1) is 17.7. The highest BCUT2D eigenvalue weighted by molar-refractivity contribution is 7.92. The van der Waals surface area contributed by atoms with Gasteiger partial charge in [-0.05, 0) is 47.8 Å². The van der Waals surface area contributed by atoms with E-state index in [0.29, 0.717) is 15.8 Å². The van der Waals surface area contributed by atoms with Crippen molar-refractivity contribution in [1.82, 2.24) is 15.2 Å². The zero-order valence-electron chi connectivity index (χ0n) is 18.5. The minimum atomic E-state index is -3.99. The number of thiophene rings is 2. The molecule has 0 radical (unpaired) electrons. The Morgan fingerprint density at radius 3 is 2.46 bits per heavy atom. The summed E-state index contributed by atoms with van der Waals surface area (Å²) in [4.78, 5) is 19.0. The normalized spacial score (nSPS) is 11.4. The van der Waals surface area contributed by atoms with Crippen LogP contribution in [0, 0.1) is 11.3 Å². The zero-order chi connectivity index (χ0) is 26.3. The van der Waals surface area contributed by atoms with Gasteiger partial charge in [-0.25, -0.2) is 13.4 Å². The summed E-state index contributed by atoms with van der Waals surface area (Å²) in [6.07, 6.45) is 0. The molecule has 37 heavy (non-hydrogen) atoms. The summed E-state index contributed by atoms with van der Waals surface area (Å²) in [7, 11) is -3.99. The molecule has 1 aromatic carbocycles. The van der Waals surface area contributed by atoms with Crippen molar-refractivity contribution in [3.05, 3.63) is 75.1 Å². The van der Waals surface area contributed by atoms with Gasteiger partial charge in [0.15, 0.2) is 11.0 Å². The summed E-state index contributed by atoms with van der Waals surface area (Å²) < 4.78 is 27.7. The van der Waals surface area contributed by atoms with E-state index in [1.165, 1.54) is 47.7 Å². The third-order valence-electron chi connectivity index (χ3n) is 5.29. The molecule has 0 fully saturated rings. The van der Waals surface area contributed by atoms with Crippen LogP contribution in [0.25, 0.3) is 20.7 Å². The first-order valence-electron chi connectivity index (χ1n) is 10.3. The fourth-order valence-electron chi connectivity index (χ4n) is 3.60. The number of nitriles is 1. The number of nitrogen functional groups attached to an aromatic ring is 2. The molecule has 0 unspecified atom stereocenters. The van der Waals surface area contributed by atoms with Gasteiger partial charge in [0.05, 0.1) is 10.6 Å². The molecule has 5 aromatic rings. The van der Waals surface area contributed by atoms with Crippen LogP contribution >= 0.6 is 34.3 Å². The van der Waals surface area contributed by atoms with Gasteiger partial charge in [0.1, 0.15) is 27.2 Å². The maximum atomic E-state index is 13.4. The highest BCUT2D eigenvalue weighted by atomic mass is 35.5. The zero-order valence-corrected chi connectivity index (χ0v) is 21.7. The number of fused-ring (bicyclic) bond motifs is 1. The monoisotopic (exact) mass is 567 g/mol. The number of rotatable bonds is 6. The second kappa shape index (κ2) is 9.41. The minimum Gasteiger partial charge on any atom is -0.397 e. The largest absolute Gasteiger partial charge is 0.397 e. The van der Waals surface area contributed by atoms with Crippen LogP contribution in [0.5, 0.6) is 0 Å². The Bertz CT molecular complexity index is 1810. The van der Waals surface area contributed by atoms with E-state index in [9.17, 15) is 18.5 Å². The van der Waals surface area contributed by atoms with Crippen LogP contribution in [0.2, 0.25) is 5.15 Å². The quantitative estimate of drug-likeness (QED) is 0.248. The maximum Gasteiger partial charge on any atom is 0.263 e. The van der Waals surface area contributed by atoms with Crippen molar-refractivity contribution in [2.24, 2.45) is 0 Å². The molecule has 0 saturated heterocycles. The van der Waals surface area contributed by atoms with Crippen molar-refractivity contribution in [2.45, 2.75) is 4.90 Å². The lowest BCUT2D eigenvalue weighted by atomic mass is 10.0. The van der Waals surface area contributed by atoms with E-state index < -0.39 is 15.8 Å². The van der Waals surface area contributed by atoms with Gasteiger partial charge in [0, 0.05) is 21.4 Å². The molecule has 14 heteroatoms. The minimum absolute atomic E-state index is 0.00680. The molecule has 0 spiro atoms. The fraction of sp³-hybridized carbons (Fsp3) is 0. The molecule has 10 nitrogen and oxygen atoms in total. The predicted octanol–water partition coefficient (Wildman–Crippen LogP) is 4.54. The number of aromatic nitrogens is 3. The van der Waals surface area contributed by atoms with Crippen molar-refractivity contribution >= 4 is 77.6 Å². The Labute approximate surface area is 223 Å². The first-order valence-corrected chi connectivity index (χ1v) is 13.9. The van der Waals surface area contributed by atoms with Crippen molar-refractivity contribution < 1.29 is 13.2 Å². The van der Waals surface area contributed by atoms with Gasteiger partial charge in [0.2, 0.25) is 5.78 Å². The van der Waals surface area contributed by atoms with E-state index >= 15 is 0 Å². The number of carbonyl (C=O) groups is 1. The second-order valence-corrected chi connectivity index (χ2v) is 11.6. The molecule has 0 aliphatic rings. The second-order valence-electron chi connectivity index (χ2n) is 7.56. The first kappa shape index (κ1) is 24.6. The van der Waals surface area contributed by atoms with Gasteiger partial charge < -0.3 is 11.5 Å². The van der Waals surface area contributed by atoms with Crippen LogP contribution < -0.4 is 16.2 Å². The molecule has 0 saturated carbocycles. The number of nitrogens with zero attached hydrogens (tertiary/aromatic N) is 4. The number of halogens is 1. The van der Waals surface area contributed by atoms with Crippen LogP contribution in [0.3, 0.4) is 0 Å². The number of sulfonamides is 1. The number of nitrogens with two attached hydrogens (primary N) is 2. The van der Waals surface area contributed by atoms with Gasteiger partial charge in [-0.15, -0.1) is 32.9 Å². The van der Waals surface area contributed by atoms with E-state index in [1.54, 1.807) is 0 Å². The molecular formula is C23H14ClN7O3S3. The molecule has 0 bridgehead atoms. The topological polar surface area (TPSA) is 178 Å². The third-order valence-corrected chi connectivity index (χ3v) is 8.85. The fourth-order valence-corrected chi connectivity index (χ4v) is 6.56. The maximum absolute atomic E-state index is 13.4. The number of hydrogen-bond donors (Lipinski definition) is 3. The standard InChI is InChI=1S/C23H14ClN7O3S3/c24-15-7-8-16(30-29-15)31-37(33,34)12-5-3-11(4-6-12)20(32)21-19(26)18-17(14-2-1-9-35-14)13(10-25)22(27)28-23(18)36-21/h1-9H,26H2,(H2,27,28)(H,30,31). The molecule has 0 amide bonds. The van der Waals surface area contributed by atoms with E-state index in [0.717, 1.165) is 16.2 Å². The number of carbonyl (C=O) groups excluding carboxylic acids is 1. The van der Waals surface area contributed by atoms with Crippen molar-refractivity contribution in [3.8, 4) is 16.5 Å². The van der Waals surface area contributed by atoms with Crippen molar-refractivity contribution in [2.75, 3.05) is 16.2 Å². The van der Waals surface area contributed by atoms with Crippen LogP contribution in [0.1, 0.15) is 20.8 Å². The molecule has 0 atom stereocenters. The average molecular weight is 568 g/mol. The Kier molecular flexibility index (Phi) is 6.26. The lowest BCUT2D eigenvalue weighted by Crippen LogP contribution is -2.14. The highest BCUT2D eigenvalue weighted by Crippen LogP contribution is 2.44. The average Bonchev–Trinajstić information content (AvgIpc) is 3.52. The predicted molar refractivity (Wildman–Crippen MR) is 144 cm³/mol. The molecule has 0 aliphatic heterocycles. The molecule has 0 aliphatic carbocycles. The van der Waals surface area contributed by atoms with Crippen LogP contribution in [-0.2, 0) is 10.0 Å². The van der Waals surface area contributed by atoms with Crippen molar-refractivity contribution in [3.63, 3.8) is 0 Å². The van der Waals surface area contributed by atoms with Gasteiger partial charge in [-0.3, -0.25) is 9.52 Å². The lowest BCUT2D eigenvalue weighted by molar-refractivity contribution is 0.104. The summed E-state index contributed by atoms with van der Waals surface area (Å²) >= 11 is 8.14. The van der Waals surface area contributed by atoms with Gasteiger partial charge in [0.25, 0.3) is 10.0 Å². The highest BCUT2D eigenvalue weighted by Gasteiger charge is 2.25. The smallest absolute Gasteiger partial charge is 0.263 e. The summed E-state index contributed by atoms with van der Waals surface area (Å²) in [5, 5.41) is 19.4. The molecule has 4 heterocycles. The van der Waals surface area contributed by atoms with E-state index in [-0.39, 0.29) is 43.4 Å². The van der Waals surface area contributed by atoms with Gasteiger partial charge in [-0.1, -0.05) is 17.7 Å². The summed E-state index contributed by atoms with van der Waals surface area (Å²) in [6.45, 7) is 0.